The first-order valence-electron chi connectivity index (χ1n) is 4.46. The number of Topliss-reactive ketones (excluding diaryl/α,β-unsaturated/α-hetero) is 1. The Balaban J connectivity index is 2.53. The molecular weight excluding hydrogens is 184 g/mol. The van der Waals surface area contributed by atoms with E-state index in [1.807, 2.05) is 13.0 Å². The molecule has 2 rings (SSSR count). The van der Waals surface area contributed by atoms with Gasteiger partial charge in [0.15, 0.2) is 0 Å². The Kier molecular flexibility index (Phi) is 2.12. The van der Waals surface area contributed by atoms with Crippen LogP contribution in [0.15, 0.2) is 12.1 Å². The zero-order chi connectivity index (χ0) is 9.42. The summed E-state index contributed by atoms with van der Waals surface area (Å²) >= 11 is 6.06. The van der Waals surface area contributed by atoms with Gasteiger partial charge in [0.05, 0.1) is 0 Å². The Morgan fingerprint density at radius 2 is 2.08 bits per heavy atom. The standard InChI is InChI=1S/C11H11ClO/c1-7-4-8-2-3-9(13)6-10(8)11(12)5-7/h4-5H,2-3,6H2,1H3. The number of ketones is 1. The third kappa shape index (κ3) is 1.61. The molecule has 0 unspecified atom stereocenters. The molecule has 0 heterocycles. The van der Waals surface area contributed by atoms with Gasteiger partial charge in [-0.05, 0) is 36.1 Å². The lowest BCUT2D eigenvalue weighted by Crippen LogP contribution is -2.13. The van der Waals surface area contributed by atoms with Crippen molar-refractivity contribution in [1.82, 2.24) is 0 Å². The molecule has 1 nitrogen and oxygen atoms in total. The highest BCUT2D eigenvalue weighted by atomic mass is 35.5. The largest absolute Gasteiger partial charge is 0.299 e. The fourth-order valence-electron chi connectivity index (χ4n) is 1.82. The molecule has 0 saturated carbocycles. The lowest BCUT2D eigenvalue weighted by atomic mass is 9.90. The van der Waals surface area contributed by atoms with Crippen LogP contribution in [0, 0.1) is 6.92 Å². The molecule has 0 spiro atoms. The minimum Gasteiger partial charge on any atom is -0.299 e. The number of hydrogen-bond donors (Lipinski definition) is 0. The zero-order valence-corrected chi connectivity index (χ0v) is 8.32. The lowest BCUT2D eigenvalue weighted by Gasteiger charge is -2.16. The van der Waals surface area contributed by atoms with Gasteiger partial charge in [-0.3, -0.25) is 4.79 Å². The van der Waals surface area contributed by atoms with E-state index in [1.165, 1.54) is 11.1 Å². The van der Waals surface area contributed by atoms with Gasteiger partial charge in [-0.25, -0.2) is 0 Å². The summed E-state index contributed by atoms with van der Waals surface area (Å²) in [4.78, 5) is 11.2. The number of aryl methyl sites for hydroxylation is 2. The van der Waals surface area contributed by atoms with Crippen LogP contribution < -0.4 is 0 Å². The fourth-order valence-corrected chi connectivity index (χ4v) is 2.18. The Hall–Kier alpha value is -0.820. The highest BCUT2D eigenvalue weighted by molar-refractivity contribution is 6.31. The van der Waals surface area contributed by atoms with Crippen LogP contribution in [0.1, 0.15) is 23.1 Å². The van der Waals surface area contributed by atoms with Crippen LogP contribution in [0.25, 0.3) is 0 Å². The summed E-state index contributed by atoms with van der Waals surface area (Å²) in [7, 11) is 0. The van der Waals surface area contributed by atoms with Crippen molar-refractivity contribution in [3.05, 3.63) is 33.8 Å². The molecule has 0 fully saturated rings. The second-order valence-electron chi connectivity index (χ2n) is 3.60. The van der Waals surface area contributed by atoms with Crippen molar-refractivity contribution < 1.29 is 4.79 Å². The van der Waals surface area contributed by atoms with Crippen LogP contribution in [0.4, 0.5) is 0 Å². The van der Waals surface area contributed by atoms with Crippen molar-refractivity contribution in [2.24, 2.45) is 0 Å². The molecule has 0 N–H and O–H groups in total. The average Bonchev–Trinajstić information content (AvgIpc) is 2.06. The fraction of sp³-hybridized carbons (Fsp3) is 0.364. The van der Waals surface area contributed by atoms with E-state index >= 15 is 0 Å². The van der Waals surface area contributed by atoms with Crippen LogP contribution in [-0.4, -0.2) is 5.78 Å². The molecule has 0 radical (unpaired) electrons. The molecule has 0 atom stereocenters. The molecule has 0 bridgehead atoms. The first-order chi connectivity index (χ1) is 6.16. The molecule has 0 saturated heterocycles. The van der Waals surface area contributed by atoms with Gasteiger partial charge in [0.2, 0.25) is 0 Å². The second kappa shape index (κ2) is 3.15. The molecule has 1 aromatic rings. The van der Waals surface area contributed by atoms with Crippen molar-refractivity contribution in [2.75, 3.05) is 0 Å². The first kappa shape index (κ1) is 8.76. The maximum absolute atomic E-state index is 11.2. The highest BCUT2D eigenvalue weighted by Crippen LogP contribution is 2.27. The van der Waals surface area contributed by atoms with Crippen molar-refractivity contribution in [1.29, 1.82) is 0 Å². The average molecular weight is 195 g/mol. The van der Waals surface area contributed by atoms with E-state index in [4.69, 9.17) is 11.6 Å². The molecular formula is C11H11ClO. The topological polar surface area (TPSA) is 17.1 Å². The van der Waals surface area contributed by atoms with Crippen molar-refractivity contribution >= 4 is 17.4 Å². The van der Waals surface area contributed by atoms with Crippen molar-refractivity contribution in [3.63, 3.8) is 0 Å². The van der Waals surface area contributed by atoms with Crippen molar-refractivity contribution in [3.8, 4) is 0 Å². The minimum absolute atomic E-state index is 0.304. The van der Waals surface area contributed by atoms with Gasteiger partial charge < -0.3 is 0 Å². The Morgan fingerprint density at radius 1 is 1.31 bits per heavy atom. The summed E-state index contributed by atoms with van der Waals surface area (Å²) in [5, 5.41) is 0.753. The maximum atomic E-state index is 11.2. The summed E-state index contributed by atoms with van der Waals surface area (Å²) in [6.45, 7) is 2.03. The predicted molar refractivity (Wildman–Crippen MR) is 53.2 cm³/mol. The van der Waals surface area contributed by atoms with E-state index in [-0.39, 0.29) is 0 Å². The van der Waals surface area contributed by atoms with Crippen LogP contribution >= 0.6 is 11.6 Å². The number of hydrogen-bond acceptors (Lipinski definition) is 1. The third-order valence-electron chi connectivity index (χ3n) is 2.48. The number of carbonyl (C=O) groups excluding carboxylic acids is 1. The van der Waals surface area contributed by atoms with E-state index < -0.39 is 0 Å². The maximum Gasteiger partial charge on any atom is 0.137 e. The number of carbonyl (C=O) groups is 1. The van der Waals surface area contributed by atoms with Crippen LogP contribution in [-0.2, 0) is 17.6 Å². The Morgan fingerprint density at radius 3 is 2.85 bits per heavy atom. The van der Waals surface area contributed by atoms with E-state index in [2.05, 4.69) is 6.07 Å². The van der Waals surface area contributed by atoms with Gasteiger partial charge in [0.25, 0.3) is 0 Å². The van der Waals surface area contributed by atoms with Gasteiger partial charge in [0, 0.05) is 17.9 Å². The summed E-state index contributed by atoms with van der Waals surface area (Å²) in [6.07, 6.45) is 2.05. The number of fused-ring (bicyclic) bond motifs is 1. The highest BCUT2D eigenvalue weighted by Gasteiger charge is 2.17. The van der Waals surface area contributed by atoms with E-state index in [9.17, 15) is 4.79 Å². The molecule has 68 valence electrons. The van der Waals surface area contributed by atoms with Gasteiger partial charge in [-0.15, -0.1) is 0 Å². The SMILES string of the molecule is Cc1cc(Cl)c2c(c1)CCC(=O)C2. The number of rotatable bonds is 0. The minimum atomic E-state index is 0.304. The molecule has 0 aliphatic heterocycles. The lowest BCUT2D eigenvalue weighted by molar-refractivity contribution is -0.118. The predicted octanol–water partition coefficient (Wildman–Crippen LogP) is 2.71. The van der Waals surface area contributed by atoms with Crippen LogP contribution in [0.5, 0.6) is 0 Å². The molecule has 1 aromatic carbocycles. The van der Waals surface area contributed by atoms with Crippen molar-refractivity contribution in [2.45, 2.75) is 26.2 Å². The third-order valence-corrected chi connectivity index (χ3v) is 2.82. The molecule has 1 aliphatic carbocycles. The summed E-state index contributed by atoms with van der Waals surface area (Å²) < 4.78 is 0. The molecule has 1 aliphatic rings. The molecule has 13 heavy (non-hydrogen) atoms. The number of halogens is 1. The van der Waals surface area contributed by atoms with Gasteiger partial charge in [0.1, 0.15) is 5.78 Å². The van der Waals surface area contributed by atoms with Crippen LogP contribution in [0.3, 0.4) is 0 Å². The number of benzene rings is 1. The van der Waals surface area contributed by atoms with Crippen LogP contribution in [0.2, 0.25) is 5.02 Å². The van der Waals surface area contributed by atoms with E-state index in [1.54, 1.807) is 0 Å². The Bertz CT molecular complexity index is 369. The summed E-state index contributed by atoms with van der Waals surface area (Å²) in [5.41, 5.74) is 3.48. The smallest absolute Gasteiger partial charge is 0.137 e. The first-order valence-corrected chi connectivity index (χ1v) is 4.84. The second-order valence-corrected chi connectivity index (χ2v) is 4.01. The van der Waals surface area contributed by atoms with E-state index in [0.29, 0.717) is 18.6 Å². The van der Waals surface area contributed by atoms with E-state index in [0.717, 1.165) is 17.0 Å². The van der Waals surface area contributed by atoms with Gasteiger partial charge in [-0.2, -0.15) is 0 Å². The zero-order valence-electron chi connectivity index (χ0n) is 7.56. The summed E-state index contributed by atoms with van der Waals surface area (Å²) in [6, 6.07) is 4.06. The molecule has 0 amide bonds. The quantitative estimate of drug-likeness (QED) is 0.621. The summed E-state index contributed by atoms with van der Waals surface area (Å²) in [5.74, 6) is 0.304. The van der Waals surface area contributed by atoms with Gasteiger partial charge >= 0.3 is 0 Å². The monoisotopic (exact) mass is 194 g/mol. The van der Waals surface area contributed by atoms with Gasteiger partial charge in [-0.1, -0.05) is 17.7 Å². The molecule has 2 heteroatoms. The normalized spacial score (nSPS) is 15.7. The Labute approximate surface area is 82.7 Å². The molecule has 0 aromatic heterocycles.